The summed E-state index contributed by atoms with van der Waals surface area (Å²) in [7, 11) is 0. The molecule has 0 aliphatic heterocycles. The summed E-state index contributed by atoms with van der Waals surface area (Å²) in [6, 6.07) is 20.8. The standard InChI is InChI=1S/C25H22N2O5/c28-15-18-12-11-17(14-24(18)27(30)31)6-5-13-26-25(29)32-16-23-21-9-3-1-7-19(21)20-8-2-4-10-22(20)23/h1-12,14,23,28H,13,15-16H2,(H,26,29). The van der Waals surface area contributed by atoms with Crippen LogP contribution >= 0.6 is 0 Å². The molecule has 0 saturated carbocycles. The van der Waals surface area contributed by atoms with Crippen LogP contribution in [0, 0.1) is 10.1 Å². The molecule has 1 aliphatic rings. The number of fused-ring (bicyclic) bond motifs is 3. The number of ether oxygens (including phenoxy) is 1. The number of carbonyl (C=O) groups is 1. The molecule has 0 bridgehead atoms. The van der Waals surface area contributed by atoms with Gasteiger partial charge in [0, 0.05) is 18.5 Å². The average Bonchev–Trinajstić information content (AvgIpc) is 3.14. The summed E-state index contributed by atoms with van der Waals surface area (Å²) < 4.78 is 5.47. The molecule has 0 heterocycles. The van der Waals surface area contributed by atoms with Gasteiger partial charge < -0.3 is 15.2 Å². The van der Waals surface area contributed by atoms with Gasteiger partial charge in [-0.3, -0.25) is 10.1 Å². The van der Waals surface area contributed by atoms with Gasteiger partial charge >= 0.3 is 6.09 Å². The minimum absolute atomic E-state index is 0.00530. The Morgan fingerprint density at radius 1 is 1.06 bits per heavy atom. The first-order valence-electron chi connectivity index (χ1n) is 10.2. The Morgan fingerprint density at radius 3 is 2.34 bits per heavy atom. The van der Waals surface area contributed by atoms with E-state index >= 15 is 0 Å². The second-order valence-corrected chi connectivity index (χ2v) is 7.41. The van der Waals surface area contributed by atoms with Crippen molar-refractivity contribution in [2.45, 2.75) is 12.5 Å². The number of benzene rings is 3. The lowest BCUT2D eigenvalue weighted by Gasteiger charge is -2.14. The van der Waals surface area contributed by atoms with Crippen molar-refractivity contribution in [3.63, 3.8) is 0 Å². The number of rotatable bonds is 7. The molecule has 0 unspecified atom stereocenters. The van der Waals surface area contributed by atoms with Crippen LogP contribution in [0.1, 0.15) is 28.2 Å². The molecular weight excluding hydrogens is 408 g/mol. The van der Waals surface area contributed by atoms with Crippen LogP contribution in [0.5, 0.6) is 0 Å². The Labute approximate surface area is 185 Å². The molecule has 3 aromatic rings. The van der Waals surface area contributed by atoms with Crippen molar-refractivity contribution in [1.82, 2.24) is 5.32 Å². The highest BCUT2D eigenvalue weighted by atomic mass is 16.6. The summed E-state index contributed by atoms with van der Waals surface area (Å²) in [4.78, 5) is 22.7. The summed E-state index contributed by atoms with van der Waals surface area (Å²) in [5, 5.41) is 22.9. The zero-order valence-electron chi connectivity index (χ0n) is 17.2. The zero-order chi connectivity index (χ0) is 22.5. The van der Waals surface area contributed by atoms with Crippen LogP contribution in [-0.2, 0) is 11.3 Å². The third-order valence-corrected chi connectivity index (χ3v) is 5.49. The lowest BCUT2D eigenvalue weighted by atomic mass is 9.98. The van der Waals surface area contributed by atoms with Crippen LogP contribution in [0.15, 0.2) is 72.8 Å². The van der Waals surface area contributed by atoms with Gasteiger partial charge in [0.2, 0.25) is 0 Å². The smallest absolute Gasteiger partial charge is 0.407 e. The van der Waals surface area contributed by atoms with E-state index in [0.717, 1.165) is 11.1 Å². The van der Waals surface area contributed by atoms with Gasteiger partial charge in [-0.1, -0.05) is 66.7 Å². The minimum atomic E-state index is -0.530. The van der Waals surface area contributed by atoms with Gasteiger partial charge in [-0.05, 0) is 33.9 Å². The first-order chi connectivity index (χ1) is 15.6. The molecule has 1 aliphatic carbocycles. The summed E-state index contributed by atoms with van der Waals surface area (Å²) in [6.07, 6.45) is 2.81. The molecule has 0 saturated heterocycles. The maximum absolute atomic E-state index is 12.2. The third kappa shape index (κ3) is 4.38. The van der Waals surface area contributed by atoms with Crippen LogP contribution in [-0.4, -0.2) is 29.3 Å². The van der Waals surface area contributed by atoms with Crippen molar-refractivity contribution < 1.29 is 19.6 Å². The molecule has 0 fully saturated rings. The van der Waals surface area contributed by atoms with E-state index in [1.54, 1.807) is 18.2 Å². The normalized spacial score (nSPS) is 12.4. The maximum Gasteiger partial charge on any atom is 0.407 e. The van der Waals surface area contributed by atoms with E-state index in [9.17, 15) is 20.0 Å². The minimum Gasteiger partial charge on any atom is -0.449 e. The number of nitrogens with zero attached hydrogens (tertiary/aromatic N) is 1. The molecule has 0 atom stereocenters. The Balaban J connectivity index is 1.33. The topological polar surface area (TPSA) is 102 Å². The molecule has 0 aromatic heterocycles. The van der Waals surface area contributed by atoms with Crippen molar-refractivity contribution in [2.75, 3.05) is 13.2 Å². The number of nitro groups is 1. The zero-order valence-corrected chi connectivity index (χ0v) is 17.2. The summed E-state index contributed by atoms with van der Waals surface area (Å²) in [5.41, 5.74) is 5.35. The Hall–Kier alpha value is -3.97. The van der Waals surface area contributed by atoms with Gasteiger partial charge in [-0.15, -0.1) is 0 Å². The first-order valence-corrected chi connectivity index (χ1v) is 10.2. The second-order valence-electron chi connectivity index (χ2n) is 7.41. The number of hydrogen-bond acceptors (Lipinski definition) is 5. The fourth-order valence-corrected chi connectivity index (χ4v) is 3.97. The highest BCUT2D eigenvalue weighted by Crippen LogP contribution is 2.44. The highest BCUT2D eigenvalue weighted by molar-refractivity contribution is 5.79. The van der Waals surface area contributed by atoms with Crippen LogP contribution in [0.25, 0.3) is 17.2 Å². The Bertz CT molecular complexity index is 1140. The molecular formula is C25H22N2O5. The van der Waals surface area contributed by atoms with Gasteiger partial charge in [-0.2, -0.15) is 0 Å². The van der Waals surface area contributed by atoms with E-state index in [1.807, 2.05) is 24.3 Å². The molecule has 0 radical (unpaired) electrons. The summed E-state index contributed by atoms with van der Waals surface area (Å²) in [5.74, 6) is -0.00530. The molecule has 3 aromatic carbocycles. The number of alkyl carbamates (subject to hydrolysis) is 1. The molecule has 32 heavy (non-hydrogen) atoms. The number of hydrogen-bond donors (Lipinski definition) is 2. The van der Waals surface area contributed by atoms with Gasteiger partial charge in [0.15, 0.2) is 0 Å². The third-order valence-electron chi connectivity index (χ3n) is 5.49. The number of nitro benzene ring substituents is 1. The highest BCUT2D eigenvalue weighted by Gasteiger charge is 2.28. The van der Waals surface area contributed by atoms with Crippen molar-refractivity contribution in [1.29, 1.82) is 0 Å². The monoisotopic (exact) mass is 430 g/mol. The second kappa shape index (κ2) is 9.45. The van der Waals surface area contributed by atoms with Crippen molar-refractivity contribution >= 4 is 17.9 Å². The molecule has 4 rings (SSSR count). The fraction of sp³-hybridized carbons (Fsp3) is 0.160. The Morgan fingerprint density at radius 2 is 1.72 bits per heavy atom. The lowest BCUT2D eigenvalue weighted by molar-refractivity contribution is -0.385. The summed E-state index contributed by atoms with van der Waals surface area (Å²) in [6.45, 7) is 0.0499. The van der Waals surface area contributed by atoms with E-state index in [0.29, 0.717) is 5.56 Å². The van der Waals surface area contributed by atoms with E-state index < -0.39 is 17.6 Å². The van der Waals surface area contributed by atoms with Crippen molar-refractivity contribution in [3.8, 4) is 11.1 Å². The average molecular weight is 430 g/mol. The predicted octanol–water partition coefficient (Wildman–Crippen LogP) is 4.64. The molecule has 7 nitrogen and oxygen atoms in total. The number of aliphatic hydroxyl groups excluding tert-OH is 1. The van der Waals surface area contributed by atoms with Crippen molar-refractivity contribution in [3.05, 3.63) is 105 Å². The van der Waals surface area contributed by atoms with Crippen LogP contribution in [0.4, 0.5) is 10.5 Å². The van der Waals surface area contributed by atoms with Crippen LogP contribution in [0.2, 0.25) is 0 Å². The molecule has 1 amide bonds. The van der Waals surface area contributed by atoms with E-state index in [1.165, 1.54) is 23.3 Å². The van der Waals surface area contributed by atoms with E-state index in [-0.39, 0.29) is 30.3 Å². The SMILES string of the molecule is O=C(NCC=Cc1ccc(CO)c([N+](=O)[O-])c1)OCC1c2ccccc2-c2ccccc21. The van der Waals surface area contributed by atoms with Crippen LogP contribution < -0.4 is 5.32 Å². The maximum atomic E-state index is 12.2. The van der Waals surface area contributed by atoms with Gasteiger partial charge in [0.1, 0.15) is 6.61 Å². The van der Waals surface area contributed by atoms with Gasteiger partial charge in [0.25, 0.3) is 5.69 Å². The largest absolute Gasteiger partial charge is 0.449 e. The lowest BCUT2D eigenvalue weighted by Crippen LogP contribution is -2.26. The molecule has 2 N–H and O–H groups in total. The molecule has 0 spiro atoms. The Kier molecular flexibility index (Phi) is 6.28. The van der Waals surface area contributed by atoms with Crippen molar-refractivity contribution in [2.24, 2.45) is 0 Å². The number of nitrogens with one attached hydrogen (secondary N) is 1. The number of carbonyl (C=O) groups excluding carboxylic acids is 1. The number of amides is 1. The molecule has 7 heteroatoms. The predicted molar refractivity (Wildman–Crippen MR) is 121 cm³/mol. The summed E-state index contributed by atoms with van der Waals surface area (Å²) >= 11 is 0. The molecule has 162 valence electrons. The van der Waals surface area contributed by atoms with Gasteiger partial charge in [-0.25, -0.2) is 4.79 Å². The quantitative estimate of drug-likeness (QED) is 0.420. The van der Waals surface area contributed by atoms with E-state index in [4.69, 9.17) is 4.74 Å². The number of aliphatic hydroxyl groups is 1. The van der Waals surface area contributed by atoms with Crippen LogP contribution in [0.3, 0.4) is 0 Å². The van der Waals surface area contributed by atoms with Gasteiger partial charge in [0.05, 0.1) is 17.1 Å². The first kappa shape index (κ1) is 21.3. The fourth-order valence-electron chi connectivity index (χ4n) is 3.97. The van der Waals surface area contributed by atoms with E-state index in [2.05, 4.69) is 29.6 Å².